The van der Waals surface area contributed by atoms with Crippen molar-refractivity contribution in [2.45, 2.75) is 24.8 Å². The molecule has 10 heteroatoms. The molecular weight excluding hydrogens is 486 g/mol. The highest BCUT2D eigenvalue weighted by Crippen LogP contribution is 2.25. The van der Waals surface area contributed by atoms with Gasteiger partial charge in [-0.3, -0.25) is 0 Å². The summed E-state index contributed by atoms with van der Waals surface area (Å²) in [6, 6.07) is 14.8. The molecule has 35 heavy (non-hydrogen) atoms. The summed E-state index contributed by atoms with van der Waals surface area (Å²) in [5, 5.41) is 2.06. The molecular formula is C25H31N3O5S2. The lowest BCUT2D eigenvalue weighted by atomic mass is 10.2. The monoisotopic (exact) mass is 517 g/mol. The number of aromatic nitrogens is 1. The van der Waals surface area contributed by atoms with E-state index in [1.807, 2.05) is 43.3 Å². The first-order chi connectivity index (χ1) is 17.0. The number of nitrogens with zero attached hydrogens (tertiary/aromatic N) is 3. The van der Waals surface area contributed by atoms with Gasteiger partial charge in [0.05, 0.1) is 36.1 Å². The van der Waals surface area contributed by atoms with Gasteiger partial charge in [0.2, 0.25) is 10.0 Å². The zero-order valence-corrected chi connectivity index (χ0v) is 21.7. The summed E-state index contributed by atoms with van der Waals surface area (Å²) in [5.41, 5.74) is 2.77. The van der Waals surface area contributed by atoms with Gasteiger partial charge in [0.1, 0.15) is 5.75 Å². The summed E-state index contributed by atoms with van der Waals surface area (Å²) < 4.78 is 45.7. The minimum absolute atomic E-state index is 0.295. The van der Waals surface area contributed by atoms with Crippen LogP contribution in [0.15, 0.2) is 63.8 Å². The first kappa shape index (κ1) is 25.6. The Hall–Kier alpha value is -2.50. The smallest absolute Gasteiger partial charge is 0.243 e. The van der Waals surface area contributed by atoms with Crippen LogP contribution in [0.25, 0.3) is 11.3 Å². The Labute approximate surface area is 210 Å². The molecule has 0 spiro atoms. The Morgan fingerprint density at radius 1 is 1.06 bits per heavy atom. The van der Waals surface area contributed by atoms with E-state index in [0.717, 1.165) is 40.5 Å². The van der Waals surface area contributed by atoms with E-state index in [0.29, 0.717) is 44.4 Å². The number of rotatable bonds is 10. The Kier molecular flexibility index (Phi) is 8.74. The van der Waals surface area contributed by atoms with Gasteiger partial charge in [0.15, 0.2) is 4.80 Å². The number of benzene rings is 2. The van der Waals surface area contributed by atoms with Gasteiger partial charge in [0.25, 0.3) is 0 Å². The molecule has 0 unspecified atom stereocenters. The average Bonchev–Trinajstić information content (AvgIpc) is 3.28. The van der Waals surface area contributed by atoms with Crippen LogP contribution in [0.2, 0.25) is 0 Å². The Balaban J connectivity index is 1.64. The van der Waals surface area contributed by atoms with Gasteiger partial charge < -0.3 is 18.8 Å². The van der Waals surface area contributed by atoms with Crippen LogP contribution in [0, 0.1) is 0 Å². The molecule has 4 rings (SSSR count). The van der Waals surface area contributed by atoms with Gasteiger partial charge in [-0.2, -0.15) is 4.31 Å². The number of methoxy groups -OCH3 is 1. The summed E-state index contributed by atoms with van der Waals surface area (Å²) in [6.07, 6.45) is 0.834. The fourth-order valence-corrected chi connectivity index (χ4v) is 6.22. The molecule has 1 aromatic heterocycles. The highest BCUT2D eigenvalue weighted by atomic mass is 32.2. The number of sulfonamides is 1. The van der Waals surface area contributed by atoms with E-state index in [-0.39, 0.29) is 0 Å². The zero-order valence-electron chi connectivity index (χ0n) is 20.1. The maximum absolute atomic E-state index is 13.0. The van der Waals surface area contributed by atoms with Crippen molar-refractivity contribution in [3.05, 3.63) is 58.7 Å². The number of hydrogen-bond acceptors (Lipinski definition) is 7. The summed E-state index contributed by atoms with van der Waals surface area (Å²) in [4.78, 5) is 6.02. The van der Waals surface area contributed by atoms with E-state index >= 15 is 0 Å². The van der Waals surface area contributed by atoms with E-state index in [2.05, 4.69) is 9.95 Å². The Morgan fingerprint density at radius 3 is 2.43 bits per heavy atom. The third kappa shape index (κ3) is 6.20. The second kappa shape index (κ2) is 12.0. The fourth-order valence-electron chi connectivity index (χ4n) is 3.86. The SMILES string of the molecule is CCOc1ccc(N=c2scc(-c3ccc(S(=O)(=O)N4CCOCC4)cc3)n2CCCOC)cc1. The summed E-state index contributed by atoms with van der Waals surface area (Å²) in [7, 11) is -1.84. The molecule has 0 N–H and O–H groups in total. The lowest BCUT2D eigenvalue weighted by Crippen LogP contribution is -2.40. The summed E-state index contributed by atoms with van der Waals surface area (Å²) >= 11 is 1.55. The van der Waals surface area contributed by atoms with Gasteiger partial charge >= 0.3 is 0 Å². The third-order valence-electron chi connectivity index (χ3n) is 5.66. The molecule has 1 aliphatic rings. The molecule has 0 amide bonds. The standard InChI is InChI=1S/C25H31N3O5S2/c1-3-33-22-9-7-21(8-10-22)26-25-28(13-4-16-31-2)24(19-34-25)20-5-11-23(12-6-20)35(29,30)27-14-17-32-18-15-27/h5-12,19H,3-4,13-18H2,1-2H3. The lowest BCUT2D eigenvalue weighted by Gasteiger charge is -2.26. The second-order valence-electron chi connectivity index (χ2n) is 7.98. The Morgan fingerprint density at radius 2 is 1.77 bits per heavy atom. The molecule has 1 fully saturated rings. The van der Waals surface area contributed by atoms with Crippen LogP contribution in [-0.4, -0.2) is 63.9 Å². The van der Waals surface area contributed by atoms with Crippen molar-refractivity contribution in [2.75, 3.05) is 46.6 Å². The van der Waals surface area contributed by atoms with Gasteiger partial charge in [-0.05, 0) is 55.3 Å². The third-order valence-corrected chi connectivity index (χ3v) is 8.43. The van der Waals surface area contributed by atoms with Crippen LogP contribution in [0.4, 0.5) is 5.69 Å². The molecule has 1 aliphatic heterocycles. The van der Waals surface area contributed by atoms with E-state index in [1.165, 1.54) is 4.31 Å². The van der Waals surface area contributed by atoms with Crippen molar-refractivity contribution >= 4 is 27.0 Å². The van der Waals surface area contributed by atoms with Crippen LogP contribution in [0.5, 0.6) is 5.75 Å². The maximum Gasteiger partial charge on any atom is 0.243 e. The quantitative estimate of drug-likeness (QED) is 0.381. The molecule has 3 aromatic rings. The van der Waals surface area contributed by atoms with Crippen molar-refractivity contribution in [3.63, 3.8) is 0 Å². The van der Waals surface area contributed by atoms with Crippen LogP contribution < -0.4 is 9.54 Å². The first-order valence-corrected chi connectivity index (χ1v) is 14.0. The van der Waals surface area contributed by atoms with Crippen molar-refractivity contribution in [2.24, 2.45) is 4.99 Å². The molecule has 1 saturated heterocycles. The molecule has 0 saturated carbocycles. The number of thiazole rings is 1. The topological polar surface area (TPSA) is 82.4 Å². The molecule has 0 aliphatic carbocycles. The molecule has 0 bridgehead atoms. The van der Waals surface area contributed by atoms with Crippen LogP contribution >= 0.6 is 11.3 Å². The first-order valence-electron chi connectivity index (χ1n) is 11.7. The van der Waals surface area contributed by atoms with Crippen molar-refractivity contribution < 1.29 is 22.6 Å². The predicted molar refractivity (Wildman–Crippen MR) is 137 cm³/mol. The molecule has 8 nitrogen and oxygen atoms in total. The van der Waals surface area contributed by atoms with Crippen LogP contribution in [0.3, 0.4) is 0 Å². The van der Waals surface area contributed by atoms with E-state index in [1.54, 1.807) is 30.6 Å². The van der Waals surface area contributed by atoms with Crippen LogP contribution in [0.1, 0.15) is 13.3 Å². The van der Waals surface area contributed by atoms with Crippen molar-refractivity contribution in [1.29, 1.82) is 0 Å². The summed E-state index contributed by atoms with van der Waals surface area (Å²) in [5.74, 6) is 0.818. The molecule has 188 valence electrons. The van der Waals surface area contributed by atoms with Crippen molar-refractivity contribution in [1.82, 2.24) is 8.87 Å². The molecule has 2 heterocycles. The normalized spacial score (nSPS) is 15.4. The van der Waals surface area contributed by atoms with Gasteiger partial charge in [0, 0.05) is 38.7 Å². The van der Waals surface area contributed by atoms with Gasteiger partial charge in [-0.1, -0.05) is 12.1 Å². The molecule has 2 aromatic carbocycles. The van der Waals surface area contributed by atoms with Crippen molar-refractivity contribution in [3.8, 4) is 17.0 Å². The average molecular weight is 518 g/mol. The maximum atomic E-state index is 13.0. The van der Waals surface area contributed by atoms with Gasteiger partial charge in [-0.15, -0.1) is 11.3 Å². The van der Waals surface area contributed by atoms with E-state index in [9.17, 15) is 8.42 Å². The second-order valence-corrected chi connectivity index (χ2v) is 10.8. The minimum atomic E-state index is -3.53. The lowest BCUT2D eigenvalue weighted by molar-refractivity contribution is 0.0730. The number of morpholine rings is 1. The van der Waals surface area contributed by atoms with Gasteiger partial charge in [-0.25, -0.2) is 13.4 Å². The van der Waals surface area contributed by atoms with E-state index < -0.39 is 10.0 Å². The minimum Gasteiger partial charge on any atom is -0.494 e. The van der Waals surface area contributed by atoms with Crippen LogP contribution in [-0.2, 0) is 26.0 Å². The largest absolute Gasteiger partial charge is 0.494 e. The fraction of sp³-hybridized carbons (Fsp3) is 0.400. The number of hydrogen-bond donors (Lipinski definition) is 0. The predicted octanol–water partition coefficient (Wildman–Crippen LogP) is 3.91. The zero-order chi connectivity index (χ0) is 24.7. The Bertz CT molecular complexity index is 1260. The molecule has 0 atom stereocenters. The summed E-state index contributed by atoms with van der Waals surface area (Å²) in [6.45, 7) is 5.56. The highest BCUT2D eigenvalue weighted by Gasteiger charge is 2.26. The van der Waals surface area contributed by atoms with E-state index in [4.69, 9.17) is 19.2 Å². The molecule has 0 radical (unpaired) electrons. The number of ether oxygens (including phenoxy) is 3. The highest BCUT2D eigenvalue weighted by molar-refractivity contribution is 7.89.